The Hall–Kier alpha value is -2.09. The minimum atomic E-state index is 0.0565. The highest BCUT2D eigenvalue weighted by molar-refractivity contribution is 5.81. The van der Waals surface area contributed by atoms with Gasteiger partial charge in [0.05, 0.1) is 12.2 Å². The van der Waals surface area contributed by atoms with E-state index in [1.54, 1.807) is 4.90 Å². The Bertz CT molecular complexity index is 699. The first-order valence-electron chi connectivity index (χ1n) is 11.0. The Kier molecular flexibility index (Phi) is 7.52. The smallest absolute Gasteiger partial charge is 0.239 e. The summed E-state index contributed by atoms with van der Waals surface area (Å²) in [6.45, 7) is 7.75. The first kappa shape index (κ1) is 21.6. The van der Waals surface area contributed by atoms with Crippen LogP contribution >= 0.6 is 0 Å². The molecule has 1 aromatic heterocycles. The van der Waals surface area contributed by atoms with Gasteiger partial charge in [-0.3, -0.25) is 19.4 Å². The largest absolute Gasteiger partial charge is 0.357 e. The summed E-state index contributed by atoms with van der Waals surface area (Å²) >= 11 is 0. The number of likely N-dealkylation sites (N-methyl/N-ethyl adjacent to an activating group) is 1. The number of guanidine groups is 1. The van der Waals surface area contributed by atoms with E-state index >= 15 is 0 Å². The van der Waals surface area contributed by atoms with Gasteiger partial charge in [0.1, 0.15) is 0 Å². The number of hydrogen-bond acceptors (Lipinski definition) is 4. The summed E-state index contributed by atoms with van der Waals surface area (Å²) in [5.41, 5.74) is 1.32. The van der Waals surface area contributed by atoms with Crippen LogP contribution in [0.1, 0.15) is 44.1 Å². The standard InChI is InChI=1S/C21H37N7O/c1-5-22-21(28-13-9-17(16-28)18-14-24-26(4)15-18)23-10-7-12-27-11-6-8-19(27)20(29)25(2)3/h14-15,17,19H,5-13,16H2,1-4H3,(H,22,23). The lowest BCUT2D eigenvalue weighted by Gasteiger charge is -2.26. The van der Waals surface area contributed by atoms with Crippen LogP contribution in [0.25, 0.3) is 0 Å². The van der Waals surface area contributed by atoms with E-state index in [-0.39, 0.29) is 11.9 Å². The molecule has 0 aliphatic carbocycles. The molecule has 1 amide bonds. The molecule has 162 valence electrons. The maximum absolute atomic E-state index is 12.3. The van der Waals surface area contributed by atoms with E-state index in [0.29, 0.717) is 5.92 Å². The molecular formula is C21H37N7O. The van der Waals surface area contributed by atoms with Crippen LogP contribution in [0.15, 0.2) is 17.4 Å². The number of carbonyl (C=O) groups excluding carboxylic acids is 1. The van der Waals surface area contributed by atoms with Crippen LogP contribution in [0.5, 0.6) is 0 Å². The lowest BCUT2D eigenvalue weighted by Crippen LogP contribution is -2.43. The highest BCUT2D eigenvalue weighted by atomic mass is 16.2. The zero-order valence-corrected chi connectivity index (χ0v) is 18.5. The average Bonchev–Trinajstić information content (AvgIpc) is 3.43. The zero-order valence-electron chi connectivity index (χ0n) is 18.5. The van der Waals surface area contributed by atoms with Crippen LogP contribution in [0.2, 0.25) is 0 Å². The Labute approximate surface area is 174 Å². The highest BCUT2D eigenvalue weighted by Gasteiger charge is 2.31. The molecule has 8 heteroatoms. The fourth-order valence-corrected chi connectivity index (χ4v) is 4.43. The van der Waals surface area contributed by atoms with Crippen molar-refractivity contribution >= 4 is 11.9 Å². The second kappa shape index (κ2) is 10.1. The lowest BCUT2D eigenvalue weighted by molar-refractivity contribution is -0.133. The predicted molar refractivity (Wildman–Crippen MR) is 116 cm³/mol. The van der Waals surface area contributed by atoms with Crippen molar-refractivity contribution in [3.8, 4) is 0 Å². The molecule has 3 rings (SSSR count). The quantitative estimate of drug-likeness (QED) is 0.420. The van der Waals surface area contributed by atoms with Crippen molar-refractivity contribution in [2.24, 2.45) is 12.0 Å². The van der Waals surface area contributed by atoms with Gasteiger partial charge in [-0.05, 0) is 44.7 Å². The molecule has 0 bridgehead atoms. The van der Waals surface area contributed by atoms with E-state index in [1.165, 1.54) is 5.56 Å². The Morgan fingerprint density at radius 2 is 2.17 bits per heavy atom. The number of nitrogens with one attached hydrogen (secondary N) is 1. The van der Waals surface area contributed by atoms with Crippen LogP contribution in [0, 0.1) is 0 Å². The molecule has 2 saturated heterocycles. The third-order valence-electron chi connectivity index (χ3n) is 5.97. The monoisotopic (exact) mass is 403 g/mol. The van der Waals surface area contributed by atoms with E-state index in [2.05, 4.69) is 33.3 Å². The van der Waals surface area contributed by atoms with Gasteiger partial charge in [0.15, 0.2) is 5.96 Å². The van der Waals surface area contributed by atoms with Crippen LogP contribution in [0.4, 0.5) is 0 Å². The number of likely N-dealkylation sites (tertiary alicyclic amines) is 2. The molecule has 0 spiro atoms. The normalized spacial score (nSPS) is 23.0. The second-order valence-electron chi connectivity index (χ2n) is 8.39. The molecule has 8 nitrogen and oxygen atoms in total. The van der Waals surface area contributed by atoms with Crippen molar-refractivity contribution in [1.82, 2.24) is 29.8 Å². The van der Waals surface area contributed by atoms with Gasteiger partial charge in [0, 0.05) is 66.0 Å². The third kappa shape index (κ3) is 5.50. The van der Waals surface area contributed by atoms with Gasteiger partial charge in [-0.2, -0.15) is 5.10 Å². The molecule has 1 N–H and O–H groups in total. The SMILES string of the molecule is CCNC(=NCCCN1CCCC1C(=O)N(C)C)N1CCC(c2cnn(C)c2)C1. The first-order chi connectivity index (χ1) is 14.0. The second-order valence-corrected chi connectivity index (χ2v) is 8.39. The number of carbonyl (C=O) groups is 1. The van der Waals surface area contributed by atoms with Gasteiger partial charge >= 0.3 is 0 Å². The van der Waals surface area contributed by atoms with Crippen molar-refractivity contribution < 1.29 is 4.79 Å². The van der Waals surface area contributed by atoms with Crippen LogP contribution in [-0.4, -0.2) is 95.8 Å². The van der Waals surface area contributed by atoms with Gasteiger partial charge in [-0.15, -0.1) is 0 Å². The van der Waals surface area contributed by atoms with Crippen molar-refractivity contribution in [3.05, 3.63) is 18.0 Å². The van der Waals surface area contributed by atoms with Crippen molar-refractivity contribution in [1.29, 1.82) is 0 Å². The number of hydrogen-bond donors (Lipinski definition) is 1. The molecule has 2 atom stereocenters. The number of rotatable bonds is 7. The number of aryl methyl sites for hydroxylation is 1. The summed E-state index contributed by atoms with van der Waals surface area (Å²) in [5.74, 6) is 1.77. The summed E-state index contributed by atoms with van der Waals surface area (Å²) in [4.78, 5) is 23.6. The van der Waals surface area contributed by atoms with E-state index < -0.39 is 0 Å². The van der Waals surface area contributed by atoms with Crippen molar-refractivity contribution in [2.45, 2.75) is 44.6 Å². The summed E-state index contributed by atoms with van der Waals surface area (Å²) in [6.07, 6.45) is 8.32. The molecule has 29 heavy (non-hydrogen) atoms. The topological polar surface area (TPSA) is 69.0 Å². The number of nitrogens with zero attached hydrogens (tertiary/aromatic N) is 6. The van der Waals surface area contributed by atoms with Crippen LogP contribution in [0.3, 0.4) is 0 Å². The minimum absolute atomic E-state index is 0.0565. The zero-order chi connectivity index (χ0) is 20.8. The summed E-state index contributed by atoms with van der Waals surface area (Å²) in [5, 5.41) is 7.77. The molecule has 3 heterocycles. The Morgan fingerprint density at radius 3 is 2.86 bits per heavy atom. The van der Waals surface area contributed by atoms with Gasteiger partial charge in [-0.1, -0.05) is 0 Å². The highest BCUT2D eigenvalue weighted by Crippen LogP contribution is 2.26. The molecule has 2 aliphatic heterocycles. The van der Waals surface area contributed by atoms with Gasteiger partial charge in [0.25, 0.3) is 0 Å². The maximum Gasteiger partial charge on any atom is 0.239 e. The number of aromatic nitrogens is 2. The number of aliphatic imine (C=N–C) groups is 1. The van der Waals surface area contributed by atoms with E-state index in [1.807, 2.05) is 32.0 Å². The molecule has 1 aromatic rings. The number of amides is 1. The summed E-state index contributed by atoms with van der Waals surface area (Å²) < 4.78 is 1.88. The molecule has 2 fully saturated rings. The summed E-state index contributed by atoms with van der Waals surface area (Å²) in [6, 6.07) is 0.0565. The fourth-order valence-electron chi connectivity index (χ4n) is 4.43. The van der Waals surface area contributed by atoms with Gasteiger partial charge in [-0.25, -0.2) is 0 Å². The van der Waals surface area contributed by atoms with E-state index in [4.69, 9.17) is 4.99 Å². The van der Waals surface area contributed by atoms with Crippen molar-refractivity contribution in [3.63, 3.8) is 0 Å². The molecule has 2 aliphatic rings. The summed E-state index contributed by atoms with van der Waals surface area (Å²) in [7, 11) is 5.67. The lowest BCUT2D eigenvalue weighted by atomic mass is 10.0. The molecule has 0 saturated carbocycles. The Balaban J connectivity index is 1.50. The maximum atomic E-state index is 12.3. The van der Waals surface area contributed by atoms with Crippen LogP contribution in [-0.2, 0) is 11.8 Å². The van der Waals surface area contributed by atoms with E-state index in [9.17, 15) is 4.79 Å². The van der Waals surface area contributed by atoms with E-state index in [0.717, 1.165) is 70.9 Å². The van der Waals surface area contributed by atoms with Crippen molar-refractivity contribution in [2.75, 3.05) is 53.4 Å². The minimum Gasteiger partial charge on any atom is -0.357 e. The average molecular weight is 404 g/mol. The van der Waals surface area contributed by atoms with Gasteiger partial charge < -0.3 is 15.1 Å². The molecule has 0 radical (unpaired) electrons. The molecule has 0 aromatic carbocycles. The fraction of sp³-hybridized carbons (Fsp3) is 0.762. The molecular weight excluding hydrogens is 366 g/mol. The molecule has 2 unspecified atom stereocenters. The van der Waals surface area contributed by atoms with Gasteiger partial charge in [0.2, 0.25) is 5.91 Å². The third-order valence-corrected chi connectivity index (χ3v) is 5.97. The predicted octanol–water partition coefficient (Wildman–Crippen LogP) is 1.12. The first-order valence-corrected chi connectivity index (χ1v) is 11.0. The van der Waals surface area contributed by atoms with Crippen LogP contribution < -0.4 is 5.32 Å². The Morgan fingerprint density at radius 1 is 1.34 bits per heavy atom.